The van der Waals surface area contributed by atoms with Gasteiger partial charge in [0.15, 0.2) is 11.5 Å². The largest absolute Gasteiger partial charge is 0.454 e. The molecule has 3 rings (SSSR count). The Morgan fingerprint density at radius 2 is 2.28 bits per heavy atom. The molecule has 5 nitrogen and oxygen atoms in total. The summed E-state index contributed by atoms with van der Waals surface area (Å²) in [7, 11) is 1.97. The van der Waals surface area contributed by atoms with E-state index in [4.69, 9.17) is 14.2 Å². The van der Waals surface area contributed by atoms with E-state index in [2.05, 4.69) is 22.8 Å². The first-order chi connectivity index (χ1) is 8.86. The zero-order chi connectivity index (χ0) is 12.4. The van der Waals surface area contributed by atoms with Crippen molar-refractivity contribution >= 4 is 0 Å². The van der Waals surface area contributed by atoms with Crippen LogP contribution in [0.3, 0.4) is 0 Å². The van der Waals surface area contributed by atoms with Crippen LogP contribution < -0.4 is 20.1 Å². The summed E-state index contributed by atoms with van der Waals surface area (Å²) in [5.41, 5.74) is 1.23. The number of hydrogen-bond acceptors (Lipinski definition) is 5. The minimum atomic E-state index is 0.223. The van der Waals surface area contributed by atoms with Gasteiger partial charge in [-0.15, -0.1) is 0 Å². The summed E-state index contributed by atoms with van der Waals surface area (Å²) in [5, 5.41) is 6.53. The fourth-order valence-corrected chi connectivity index (χ4v) is 2.43. The molecule has 0 spiro atoms. The van der Waals surface area contributed by atoms with E-state index in [1.807, 2.05) is 13.1 Å². The Balaban J connectivity index is 1.70. The summed E-state index contributed by atoms with van der Waals surface area (Å²) >= 11 is 0. The fourth-order valence-electron chi connectivity index (χ4n) is 2.43. The molecule has 2 atom stereocenters. The van der Waals surface area contributed by atoms with Crippen molar-refractivity contribution < 1.29 is 14.2 Å². The van der Waals surface area contributed by atoms with Gasteiger partial charge in [-0.3, -0.25) is 5.32 Å². The first-order valence-electron chi connectivity index (χ1n) is 6.25. The van der Waals surface area contributed by atoms with Crippen LogP contribution in [0, 0.1) is 0 Å². The van der Waals surface area contributed by atoms with Crippen molar-refractivity contribution in [2.75, 3.05) is 27.1 Å². The fraction of sp³-hybridized carbons (Fsp3) is 0.538. The maximum absolute atomic E-state index is 5.64. The molecule has 2 N–H and O–H groups in total. The molecule has 2 heterocycles. The van der Waals surface area contributed by atoms with Crippen molar-refractivity contribution in [2.45, 2.75) is 18.6 Å². The highest BCUT2D eigenvalue weighted by Crippen LogP contribution is 2.32. The third kappa shape index (κ3) is 2.29. The van der Waals surface area contributed by atoms with E-state index in [9.17, 15) is 0 Å². The highest BCUT2D eigenvalue weighted by atomic mass is 16.7. The van der Waals surface area contributed by atoms with Gasteiger partial charge >= 0.3 is 0 Å². The van der Waals surface area contributed by atoms with Crippen LogP contribution in [0.25, 0.3) is 0 Å². The van der Waals surface area contributed by atoms with Crippen LogP contribution in [-0.4, -0.2) is 39.3 Å². The van der Waals surface area contributed by atoms with Crippen molar-refractivity contribution in [3.63, 3.8) is 0 Å². The van der Waals surface area contributed by atoms with Crippen molar-refractivity contribution in [3.05, 3.63) is 23.8 Å². The molecule has 2 unspecified atom stereocenters. The van der Waals surface area contributed by atoms with E-state index in [1.165, 1.54) is 5.56 Å². The number of nitrogens with one attached hydrogen (secondary N) is 2. The van der Waals surface area contributed by atoms with Crippen LogP contribution in [0.15, 0.2) is 18.2 Å². The average Bonchev–Trinajstić information content (AvgIpc) is 3.06. The lowest BCUT2D eigenvalue weighted by atomic mass is 10.0. The number of benzene rings is 1. The molecule has 0 radical (unpaired) electrons. The minimum Gasteiger partial charge on any atom is -0.454 e. The molecule has 18 heavy (non-hydrogen) atoms. The van der Waals surface area contributed by atoms with Gasteiger partial charge in [-0.1, -0.05) is 6.07 Å². The second-order valence-electron chi connectivity index (χ2n) is 4.59. The van der Waals surface area contributed by atoms with Crippen LogP contribution in [0.1, 0.15) is 5.56 Å². The molecule has 0 saturated carbocycles. The summed E-state index contributed by atoms with van der Waals surface area (Å²) in [6.45, 7) is 1.87. The molecule has 5 heteroatoms. The summed E-state index contributed by atoms with van der Waals surface area (Å²) < 4.78 is 16.3. The van der Waals surface area contributed by atoms with E-state index in [1.54, 1.807) is 0 Å². The second kappa shape index (κ2) is 5.14. The Morgan fingerprint density at radius 1 is 1.39 bits per heavy atom. The van der Waals surface area contributed by atoms with Crippen LogP contribution in [0.2, 0.25) is 0 Å². The topological polar surface area (TPSA) is 51.8 Å². The first kappa shape index (κ1) is 11.8. The predicted octanol–water partition coefficient (Wildman–Crippen LogP) is 0.492. The van der Waals surface area contributed by atoms with Crippen LogP contribution in [-0.2, 0) is 11.2 Å². The molecular weight excluding hydrogens is 232 g/mol. The van der Waals surface area contributed by atoms with Crippen LogP contribution in [0.4, 0.5) is 0 Å². The van der Waals surface area contributed by atoms with E-state index < -0.39 is 0 Å². The molecule has 2 aliphatic heterocycles. The molecule has 1 aromatic carbocycles. The van der Waals surface area contributed by atoms with Gasteiger partial charge in [0.05, 0.1) is 12.8 Å². The number of ether oxygens (including phenoxy) is 3. The van der Waals surface area contributed by atoms with Gasteiger partial charge in [-0.05, 0) is 31.2 Å². The molecule has 0 bridgehead atoms. The highest BCUT2D eigenvalue weighted by molar-refractivity contribution is 5.44. The lowest BCUT2D eigenvalue weighted by Gasteiger charge is -2.21. The zero-order valence-electron chi connectivity index (χ0n) is 10.4. The predicted molar refractivity (Wildman–Crippen MR) is 66.9 cm³/mol. The van der Waals surface area contributed by atoms with Crippen molar-refractivity contribution in [1.82, 2.24) is 10.6 Å². The summed E-state index contributed by atoms with van der Waals surface area (Å²) in [6.07, 6.45) is 1.14. The molecule has 2 aliphatic rings. The Hall–Kier alpha value is -1.30. The molecule has 0 amide bonds. The normalized spacial score (nSPS) is 23.3. The average molecular weight is 250 g/mol. The Kier molecular flexibility index (Phi) is 3.36. The Morgan fingerprint density at radius 3 is 3.06 bits per heavy atom. The summed E-state index contributed by atoms with van der Waals surface area (Å²) in [5.74, 6) is 1.67. The first-order valence-corrected chi connectivity index (χ1v) is 6.25. The third-order valence-corrected chi connectivity index (χ3v) is 3.46. The highest BCUT2D eigenvalue weighted by Gasteiger charge is 2.25. The number of hydrogen-bond donors (Lipinski definition) is 2. The van der Waals surface area contributed by atoms with Gasteiger partial charge < -0.3 is 19.5 Å². The van der Waals surface area contributed by atoms with E-state index >= 15 is 0 Å². The summed E-state index contributed by atoms with van der Waals surface area (Å²) in [6, 6.07) is 6.41. The van der Waals surface area contributed by atoms with Gasteiger partial charge in [0.1, 0.15) is 0 Å². The molecule has 1 fully saturated rings. The molecular formula is C13H18N2O3. The maximum Gasteiger partial charge on any atom is 0.231 e. The Bertz CT molecular complexity index is 419. The van der Waals surface area contributed by atoms with Gasteiger partial charge in [0.25, 0.3) is 0 Å². The lowest BCUT2D eigenvalue weighted by Crippen LogP contribution is -2.41. The molecule has 0 aliphatic carbocycles. The standard InChI is InChI=1S/C13H18N2O3/c1-14-10(13-6-15-7-16-13)4-9-2-3-11-12(5-9)18-8-17-11/h2-3,5,10,13-15H,4,6-8H2,1H3. The number of rotatable bonds is 4. The maximum atomic E-state index is 5.64. The summed E-state index contributed by atoms with van der Waals surface area (Å²) in [4.78, 5) is 0. The van der Waals surface area contributed by atoms with E-state index in [0.717, 1.165) is 24.5 Å². The Labute approximate surface area is 106 Å². The van der Waals surface area contributed by atoms with E-state index in [-0.39, 0.29) is 6.10 Å². The van der Waals surface area contributed by atoms with Crippen molar-refractivity contribution in [3.8, 4) is 11.5 Å². The number of fused-ring (bicyclic) bond motifs is 1. The second-order valence-corrected chi connectivity index (χ2v) is 4.59. The minimum absolute atomic E-state index is 0.223. The molecule has 1 aromatic rings. The number of likely N-dealkylation sites (N-methyl/N-ethyl adjacent to an activating group) is 1. The van der Waals surface area contributed by atoms with Gasteiger partial charge in [-0.25, -0.2) is 0 Å². The lowest BCUT2D eigenvalue weighted by molar-refractivity contribution is 0.0844. The van der Waals surface area contributed by atoms with Gasteiger partial charge in [0, 0.05) is 12.6 Å². The van der Waals surface area contributed by atoms with Gasteiger partial charge in [-0.2, -0.15) is 0 Å². The van der Waals surface area contributed by atoms with E-state index in [0.29, 0.717) is 19.6 Å². The molecule has 0 aromatic heterocycles. The molecule has 98 valence electrons. The van der Waals surface area contributed by atoms with Crippen molar-refractivity contribution in [2.24, 2.45) is 0 Å². The quantitative estimate of drug-likeness (QED) is 0.814. The zero-order valence-corrected chi connectivity index (χ0v) is 10.4. The smallest absolute Gasteiger partial charge is 0.231 e. The van der Waals surface area contributed by atoms with Crippen LogP contribution in [0.5, 0.6) is 11.5 Å². The van der Waals surface area contributed by atoms with Crippen LogP contribution >= 0.6 is 0 Å². The third-order valence-electron chi connectivity index (χ3n) is 3.46. The monoisotopic (exact) mass is 250 g/mol. The molecule has 1 saturated heterocycles. The van der Waals surface area contributed by atoms with Gasteiger partial charge in [0.2, 0.25) is 6.79 Å². The SMILES string of the molecule is CNC(Cc1ccc2c(c1)OCO2)C1CNCO1. The van der Waals surface area contributed by atoms with Crippen molar-refractivity contribution in [1.29, 1.82) is 0 Å².